The van der Waals surface area contributed by atoms with Crippen molar-refractivity contribution in [3.8, 4) is 0 Å². The average molecular weight is 332 g/mol. The first-order valence-electron chi connectivity index (χ1n) is 7.75. The number of carbonyl (C=O) groups excluding carboxylic acids is 2. The fourth-order valence-electron chi connectivity index (χ4n) is 2.50. The zero-order valence-electron chi connectivity index (χ0n) is 13.7. The van der Waals surface area contributed by atoms with Crippen LogP contribution in [-0.4, -0.2) is 23.4 Å². The SMILES string of the molecule is Cc1cc(NC(=O)COC(=O)[C@H]2CC=CCC2)c([N+](=O)[O-])cc1C. The predicted molar refractivity (Wildman–Crippen MR) is 88.6 cm³/mol. The van der Waals surface area contributed by atoms with Gasteiger partial charge in [0.2, 0.25) is 0 Å². The summed E-state index contributed by atoms with van der Waals surface area (Å²) >= 11 is 0. The summed E-state index contributed by atoms with van der Waals surface area (Å²) in [6.07, 6.45) is 6.08. The van der Waals surface area contributed by atoms with Crippen molar-refractivity contribution in [2.24, 2.45) is 5.92 Å². The van der Waals surface area contributed by atoms with E-state index in [1.54, 1.807) is 19.9 Å². The van der Waals surface area contributed by atoms with E-state index in [1.165, 1.54) is 6.07 Å². The Balaban J connectivity index is 1.97. The molecule has 2 rings (SSSR count). The predicted octanol–water partition coefficient (Wildman–Crippen LogP) is 3.05. The molecule has 1 atom stereocenters. The topological polar surface area (TPSA) is 98.5 Å². The van der Waals surface area contributed by atoms with E-state index in [2.05, 4.69) is 5.32 Å². The van der Waals surface area contributed by atoms with Gasteiger partial charge in [0.15, 0.2) is 6.61 Å². The lowest BCUT2D eigenvalue weighted by Gasteiger charge is -2.16. The second-order valence-electron chi connectivity index (χ2n) is 5.85. The molecular weight excluding hydrogens is 312 g/mol. The van der Waals surface area contributed by atoms with Gasteiger partial charge in [-0.05, 0) is 50.3 Å². The first-order chi connectivity index (χ1) is 11.4. The van der Waals surface area contributed by atoms with Crippen LogP contribution in [0.2, 0.25) is 0 Å². The third kappa shape index (κ3) is 4.41. The maximum Gasteiger partial charge on any atom is 0.309 e. The van der Waals surface area contributed by atoms with Gasteiger partial charge in [-0.2, -0.15) is 0 Å². The Morgan fingerprint density at radius 2 is 2.00 bits per heavy atom. The Kier molecular flexibility index (Phi) is 5.68. The van der Waals surface area contributed by atoms with Crippen LogP contribution in [-0.2, 0) is 14.3 Å². The zero-order chi connectivity index (χ0) is 17.7. The first kappa shape index (κ1) is 17.7. The summed E-state index contributed by atoms with van der Waals surface area (Å²) in [5, 5.41) is 13.5. The van der Waals surface area contributed by atoms with Crippen molar-refractivity contribution in [3.63, 3.8) is 0 Å². The number of nitro groups is 1. The standard InChI is InChI=1S/C17H20N2O5/c1-11-8-14(15(19(22)23)9-12(11)2)18-16(20)10-24-17(21)13-6-4-3-5-7-13/h3-4,8-9,13H,5-7,10H2,1-2H3,(H,18,20)/t13-/m0/s1. The number of nitro benzene ring substituents is 1. The van der Waals surface area contributed by atoms with Gasteiger partial charge in [-0.25, -0.2) is 0 Å². The molecule has 7 nitrogen and oxygen atoms in total. The van der Waals surface area contributed by atoms with Crippen molar-refractivity contribution >= 4 is 23.3 Å². The molecule has 1 aromatic carbocycles. The Labute approximate surface area is 139 Å². The molecule has 128 valence electrons. The fraction of sp³-hybridized carbons (Fsp3) is 0.412. The average Bonchev–Trinajstić information content (AvgIpc) is 2.56. The van der Waals surface area contributed by atoms with Crippen molar-refractivity contribution in [1.82, 2.24) is 0 Å². The number of carbonyl (C=O) groups is 2. The van der Waals surface area contributed by atoms with Crippen LogP contribution in [0.1, 0.15) is 30.4 Å². The van der Waals surface area contributed by atoms with E-state index in [-0.39, 0.29) is 17.3 Å². The van der Waals surface area contributed by atoms with Crippen molar-refractivity contribution < 1.29 is 19.2 Å². The molecule has 1 aliphatic rings. The third-order valence-corrected chi connectivity index (χ3v) is 4.03. The number of aryl methyl sites for hydroxylation is 2. The number of benzene rings is 1. The van der Waals surface area contributed by atoms with Gasteiger partial charge in [-0.15, -0.1) is 0 Å². The molecule has 0 saturated carbocycles. The van der Waals surface area contributed by atoms with E-state index in [0.717, 1.165) is 17.5 Å². The summed E-state index contributed by atoms with van der Waals surface area (Å²) in [4.78, 5) is 34.4. The number of esters is 1. The highest BCUT2D eigenvalue weighted by molar-refractivity contribution is 5.95. The summed E-state index contributed by atoms with van der Waals surface area (Å²) in [6.45, 7) is 3.10. The summed E-state index contributed by atoms with van der Waals surface area (Å²) < 4.78 is 5.02. The minimum atomic E-state index is -0.596. The van der Waals surface area contributed by atoms with E-state index >= 15 is 0 Å². The lowest BCUT2D eigenvalue weighted by atomic mass is 9.95. The van der Waals surface area contributed by atoms with Crippen LogP contribution in [0.4, 0.5) is 11.4 Å². The summed E-state index contributed by atoms with van der Waals surface area (Å²) in [5.41, 5.74) is 1.50. The second kappa shape index (κ2) is 7.72. The van der Waals surface area contributed by atoms with E-state index < -0.39 is 23.4 Å². The van der Waals surface area contributed by atoms with Gasteiger partial charge in [0.1, 0.15) is 5.69 Å². The Morgan fingerprint density at radius 1 is 1.29 bits per heavy atom. The Morgan fingerprint density at radius 3 is 2.62 bits per heavy atom. The molecule has 0 aromatic heterocycles. The van der Waals surface area contributed by atoms with Crippen molar-refractivity contribution in [2.45, 2.75) is 33.1 Å². The molecule has 1 amide bonds. The number of hydrogen-bond acceptors (Lipinski definition) is 5. The third-order valence-electron chi connectivity index (χ3n) is 4.03. The molecule has 0 heterocycles. The van der Waals surface area contributed by atoms with Crippen LogP contribution >= 0.6 is 0 Å². The van der Waals surface area contributed by atoms with Crippen LogP contribution in [0, 0.1) is 29.9 Å². The van der Waals surface area contributed by atoms with Gasteiger partial charge in [-0.3, -0.25) is 19.7 Å². The van der Waals surface area contributed by atoms with Crippen LogP contribution in [0.5, 0.6) is 0 Å². The van der Waals surface area contributed by atoms with E-state index in [1.807, 2.05) is 12.2 Å². The van der Waals surface area contributed by atoms with Crippen LogP contribution in [0.15, 0.2) is 24.3 Å². The molecule has 0 radical (unpaired) electrons. The highest BCUT2D eigenvalue weighted by Crippen LogP contribution is 2.28. The van der Waals surface area contributed by atoms with E-state index in [4.69, 9.17) is 4.74 Å². The lowest BCUT2D eigenvalue weighted by Crippen LogP contribution is -2.25. The van der Waals surface area contributed by atoms with Gasteiger partial charge in [-0.1, -0.05) is 12.2 Å². The highest BCUT2D eigenvalue weighted by Gasteiger charge is 2.22. The zero-order valence-corrected chi connectivity index (χ0v) is 13.7. The molecular formula is C17H20N2O5. The van der Waals surface area contributed by atoms with Crippen molar-refractivity contribution in [3.05, 3.63) is 45.5 Å². The van der Waals surface area contributed by atoms with Crippen molar-refractivity contribution in [2.75, 3.05) is 11.9 Å². The van der Waals surface area contributed by atoms with E-state index in [9.17, 15) is 19.7 Å². The summed E-state index contributed by atoms with van der Waals surface area (Å²) in [5.74, 6) is -1.23. The van der Waals surface area contributed by atoms with Crippen LogP contribution < -0.4 is 5.32 Å². The largest absolute Gasteiger partial charge is 0.455 e. The van der Waals surface area contributed by atoms with Gasteiger partial charge in [0, 0.05) is 6.07 Å². The molecule has 7 heteroatoms. The molecule has 0 fully saturated rings. The number of anilines is 1. The number of amides is 1. The molecule has 1 N–H and O–H groups in total. The molecule has 0 unspecified atom stereocenters. The molecule has 1 aromatic rings. The molecule has 24 heavy (non-hydrogen) atoms. The molecule has 0 aliphatic heterocycles. The number of hydrogen-bond donors (Lipinski definition) is 1. The maximum absolute atomic E-state index is 11.9. The quantitative estimate of drug-likeness (QED) is 0.387. The Bertz CT molecular complexity index is 696. The second-order valence-corrected chi connectivity index (χ2v) is 5.85. The van der Waals surface area contributed by atoms with Gasteiger partial charge in [0.05, 0.1) is 10.8 Å². The monoisotopic (exact) mass is 332 g/mol. The molecule has 0 saturated heterocycles. The van der Waals surface area contributed by atoms with Crippen molar-refractivity contribution in [1.29, 1.82) is 0 Å². The van der Waals surface area contributed by atoms with Gasteiger partial charge in [0.25, 0.3) is 11.6 Å². The fourth-order valence-corrected chi connectivity index (χ4v) is 2.50. The molecule has 0 bridgehead atoms. The Hall–Kier alpha value is -2.70. The minimum absolute atomic E-state index is 0.102. The number of rotatable bonds is 5. The van der Waals surface area contributed by atoms with Gasteiger partial charge < -0.3 is 10.1 Å². The number of allylic oxidation sites excluding steroid dienone is 2. The smallest absolute Gasteiger partial charge is 0.309 e. The van der Waals surface area contributed by atoms with E-state index in [0.29, 0.717) is 12.8 Å². The first-order valence-corrected chi connectivity index (χ1v) is 7.75. The molecule has 0 spiro atoms. The highest BCUT2D eigenvalue weighted by atomic mass is 16.6. The number of nitrogens with zero attached hydrogens (tertiary/aromatic N) is 1. The number of ether oxygens (including phenoxy) is 1. The van der Waals surface area contributed by atoms with Gasteiger partial charge >= 0.3 is 5.97 Å². The minimum Gasteiger partial charge on any atom is -0.455 e. The summed E-state index contributed by atoms with van der Waals surface area (Å²) in [7, 11) is 0. The summed E-state index contributed by atoms with van der Waals surface area (Å²) in [6, 6.07) is 2.95. The number of nitrogens with one attached hydrogen (secondary N) is 1. The van der Waals surface area contributed by atoms with Crippen LogP contribution in [0.3, 0.4) is 0 Å². The lowest BCUT2D eigenvalue weighted by molar-refractivity contribution is -0.384. The maximum atomic E-state index is 11.9. The normalized spacial score (nSPS) is 16.5. The van der Waals surface area contributed by atoms with Crippen LogP contribution in [0.25, 0.3) is 0 Å². The molecule has 1 aliphatic carbocycles.